The summed E-state index contributed by atoms with van der Waals surface area (Å²) in [5.74, 6) is -0.619. The number of benzene rings is 1. The summed E-state index contributed by atoms with van der Waals surface area (Å²) in [5.41, 5.74) is 1.76. The number of aromatic nitrogens is 5. The van der Waals surface area contributed by atoms with Crippen LogP contribution in [0.5, 0.6) is 0 Å². The van der Waals surface area contributed by atoms with Gasteiger partial charge >= 0.3 is 0 Å². The molecule has 4 aromatic rings. The van der Waals surface area contributed by atoms with E-state index in [0.29, 0.717) is 17.9 Å². The second-order valence-corrected chi connectivity index (χ2v) is 6.79. The van der Waals surface area contributed by atoms with Gasteiger partial charge in [0.05, 0.1) is 19.5 Å². The molecule has 8 nitrogen and oxygen atoms in total. The summed E-state index contributed by atoms with van der Waals surface area (Å²) in [6.07, 6.45) is 1.84. The number of hydrogen-bond donors (Lipinski definition) is 2. The number of carbonyl (C=O) groups excluding carboxylic acids is 1. The van der Waals surface area contributed by atoms with E-state index in [9.17, 15) is 9.18 Å². The van der Waals surface area contributed by atoms with Crippen LogP contribution < -0.4 is 10.6 Å². The maximum absolute atomic E-state index is 14.6. The maximum Gasteiger partial charge on any atom is 0.251 e. The topological polar surface area (TPSA) is 106 Å². The maximum atomic E-state index is 14.6. The molecule has 1 amide bonds. The molecule has 0 saturated heterocycles. The minimum absolute atomic E-state index is 0.102. The van der Waals surface area contributed by atoms with E-state index in [1.165, 1.54) is 31.7 Å². The molecule has 1 atom stereocenters. The van der Waals surface area contributed by atoms with Gasteiger partial charge in [0.2, 0.25) is 0 Å². The van der Waals surface area contributed by atoms with Gasteiger partial charge in [-0.3, -0.25) is 9.78 Å². The fourth-order valence-corrected chi connectivity index (χ4v) is 3.25. The first kappa shape index (κ1) is 16.8. The van der Waals surface area contributed by atoms with Gasteiger partial charge in [0.1, 0.15) is 25.6 Å². The molecule has 2 N–H and O–H groups in total. The number of nitrogens with one attached hydrogen (secondary N) is 2. The summed E-state index contributed by atoms with van der Waals surface area (Å²) >= 11 is 0. The molecule has 4 rings (SSSR count). The van der Waals surface area contributed by atoms with Crippen molar-refractivity contribution in [1.82, 2.24) is 30.2 Å². The zero-order valence-electron chi connectivity index (χ0n) is 19.8. The van der Waals surface area contributed by atoms with Gasteiger partial charge in [-0.1, -0.05) is 13.0 Å². The van der Waals surface area contributed by atoms with Crippen LogP contribution in [-0.4, -0.2) is 44.4 Å². The van der Waals surface area contributed by atoms with Crippen LogP contribution in [0.25, 0.3) is 22.2 Å². The van der Waals surface area contributed by atoms with Gasteiger partial charge in [-0.2, -0.15) is 0 Å². The Bertz CT molecular complexity index is 1380. The highest BCUT2D eigenvalue weighted by Crippen LogP contribution is 2.29. The third kappa shape index (κ3) is 4.16. The molecule has 0 radical (unpaired) electrons. The standard InChI is InChI=1S/C22H20FN7O/c1-13(8-28-19-7-18(29-12-30-19)14-9-25-11-26-10-14)15-3-4-17(23)20-16(22(31)24-2)5-6-27-21(15)20/h3-7,9-13H,8H2,1-2H3,(H,24,31)(H,28,29,30)/t13-/m1/s1/i9D,10D,11D. The normalized spacial score (nSPS) is 13.2. The lowest BCUT2D eigenvalue weighted by molar-refractivity contribution is 0.0964. The van der Waals surface area contributed by atoms with Crippen LogP contribution in [0.3, 0.4) is 0 Å². The number of pyridine rings is 1. The van der Waals surface area contributed by atoms with E-state index in [0.717, 1.165) is 5.56 Å². The second kappa shape index (κ2) is 8.78. The second-order valence-electron chi connectivity index (χ2n) is 6.79. The molecule has 0 aliphatic heterocycles. The van der Waals surface area contributed by atoms with Crippen molar-refractivity contribution < 1.29 is 13.3 Å². The van der Waals surface area contributed by atoms with Crippen molar-refractivity contribution in [2.45, 2.75) is 12.8 Å². The lowest BCUT2D eigenvalue weighted by Gasteiger charge is -2.17. The lowest BCUT2D eigenvalue weighted by atomic mass is 9.95. The highest BCUT2D eigenvalue weighted by Gasteiger charge is 2.18. The summed E-state index contributed by atoms with van der Waals surface area (Å²) in [4.78, 5) is 32.2. The average molecular weight is 420 g/mol. The van der Waals surface area contributed by atoms with Crippen molar-refractivity contribution in [2.24, 2.45) is 0 Å². The van der Waals surface area contributed by atoms with Crippen molar-refractivity contribution in [3.63, 3.8) is 0 Å². The minimum Gasteiger partial charge on any atom is -0.369 e. The third-order valence-electron chi connectivity index (χ3n) is 4.82. The van der Waals surface area contributed by atoms with E-state index in [-0.39, 0.29) is 40.5 Å². The molecule has 3 heterocycles. The van der Waals surface area contributed by atoms with Gasteiger partial charge in [-0.15, -0.1) is 0 Å². The Hall–Kier alpha value is -4.01. The fourth-order valence-electron chi connectivity index (χ4n) is 3.25. The molecule has 0 unspecified atom stereocenters. The fraction of sp³-hybridized carbons (Fsp3) is 0.182. The molecular weight excluding hydrogens is 397 g/mol. The summed E-state index contributed by atoms with van der Waals surface area (Å²) in [6, 6.07) is 6.02. The van der Waals surface area contributed by atoms with E-state index < -0.39 is 18.0 Å². The largest absolute Gasteiger partial charge is 0.369 e. The summed E-state index contributed by atoms with van der Waals surface area (Å²) < 4.78 is 38.0. The molecule has 156 valence electrons. The Balaban J connectivity index is 1.61. The number of nitrogens with zero attached hydrogens (tertiary/aromatic N) is 5. The first-order valence-electron chi connectivity index (χ1n) is 11.0. The number of anilines is 1. The molecule has 0 fully saturated rings. The highest BCUT2D eigenvalue weighted by molar-refractivity contribution is 6.06. The van der Waals surface area contributed by atoms with Gasteiger partial charge < -0.3 is 10.6 Å². The van der Waals surface area contributed by atoms with Gasteiger partial charge in [-0.05, 0) is 17.7 Å². The van der Waals surface area contributed by atoms with Crippen molar-refractivity contribution >= 4 is 22.6 Å². The zero-order valence-corrected chi connectivity index (χ0v) is 16.8. The Kier molecular flexibility index (Phi) is 4.75. The van der Waals surface area contributed by atoms with Crippen LogP contribution in [0.4, 0.5) is 10.2 Å². The first-order chi connectivity index (χ1) is 16.3. The Labute approximate surface area is 182 Å². The molecule has 0 bridgehead atoms. The molecule has 0 spiro atoms. The first-order valence-corrected chi connectivity index (χ1v) is 9.47. The molecule has 31 heavy (non-hydrogen) atoms. The lowest BCUT2D eigenvalue weighted by Crippen LogP contribution is -2.19. The third-order valence-corrected chi connectivity index (χ3v) is 4.82. The van der Waals surface area contributed by atoms with Gasteiger partial charge in [0.25, 0.3) is 5.91 Å². The molecular formula is C22H20FN7O. The van der Waals surface area contributed by atoms with Gasteiger partial charge in [0, 0.05) is 55.1 Å². The van der Waals surface area contributed by atoms with Crippen LogP contribution in [-0.2, 0) is 0 Å². The Morgan fingerprint density at radius 3 is 2.77 bits per heavy atom. The van der Waals surface area contributed by atoms with Crippen LogP contribution >= 0.6 is 0 Å². The van der Waals surface area contributed by atoms with E-state index in [2.05, 4.69) is 35.6 Å². The Morgan fingerprint density at radius 2 is 2.00 bits per heavy atom. The van der Waals surface area contributed by atoms with Crippen LogP contribution in [0, 0.1) is 5.82 Å². The van der Waals surface area contributed by atoms with E-state index >= 15 is 0 Å². The molecule has 0 aliphatic carbocycles. The molecule has 1 aromatic carbocycles. The molecule has 0 saturated carbocycles. The molecule has 9 heteroatoms. The molecule has 0 aliphatic rings. The van der Waals surface area contributed by atoms with Gasteiger partial charge in [0.15, 0.2) is 0 Å². The Morgan fingerprint density at radius 1 is 1.19 bits per heavy atom. The number of amides is 1. The number of halogens is 1. The summed E-state index contributed by atoms with van der Waals surface area (Å²) in [7, 11) is 1.49. The van der Waals surface area contributed by atoms with Crippen LogP contribution in [0.2, 0.25) is 0 Å². The minimum atomic E-state index is -0.524. The van der Waals surface area contributed by atoms with Crippen molar-refractivity contribution in [3.8, 4) is 11.3 Å². The number of rotatable bonds is 6. The number of fused-ring (bicyclic) bond motifs is 1. The van der Waals surface area contributed by atoms with Gasteiger partial charge in [-0.25, -0.2) is 24.3 Å². The number of hydrogen-bond acceptors (Lipinski definition) is 7. The smallest absolute Gasteiger partial charge is 0.251 e. The monoisotopic (exact) mass is 420 g/mol. The quantitative estimate of drug-likeness (QED) is 0.493. The summed E-state index contributed by atoms with van der Waals surface area (Å²) in [6.45, 7) is 2.33. The van der Waals surface area contributed by atoms with Crippen LogP contribution in [0.1, 0.15) is 32.9 Å². The zero-order chi connectivity index (χ0) is 24.4. The number of carbonyl (C=O) groups is 1. The summed E-state index contributed by atoms with van der Waals surface area (Å²) in [5, 5.41) is 5.86. The predicted molar refractivity (Wildman–Crippen MR) is 115 cm³/mol. The van der Waals surface area contributed by atoms with Crippen molar-refractivity contribution in [2.75, 3.05) is 18.9 Å². The average Bonchev–Trinajstić information content (AvgIpc) is 2.81. The van der Waals surface area contributed by atoms with Crippen LogP contribution in [0.15, 0.2) is 55.4 Å². The van der Waals surface area contributed by atoms with E-state index in [4.69, 9.17) is 4.11 Å². The molecule has 3 aromatic heterocycles. The highest BCUT2D eigenvalue weighted by atomic mass is 19.1. The predicted octanol–water partition coefficient (Wildman–Crippen LogP) is 3.20. The van der Waals surface area contributed by atoms with Crippen molar-refractivity contribution in [1.29, 1.82) is 0 Å². The van der Waals surface area contributed by atoms with Crippen molar-refractivity contribution in [3.05, 3.63) is 72.4 Å². The van der Waals surface area contributed by atoms with E-state index in [1.807, 2.05) is 6.92 Å². The van der Waals surface area contributed by atoms with E-state index in [1.54, 1.807) is 12.1 Å². The SMILES string of the molecule is [2H]c1nc([2H])c(-c2cc(NC[C@@H](C)c3ccc(F)c4c(C(=O)NC)ccnc34)ncn2)c([2H])n1.